The van der Waals surface area contributed by atoms with E-state index in [4.69, 9.17) is 0 Å². The second-order valence-electron chi connectivity index (χ2n) is 6.28. The molecule has 0 radical (unpaired) electrons. The third-order valence-electron chi connectivity index (χ3n) is 4.14. The van der Waals surface area contributed by atoms with Gasteiger partial charge in [-0.25, -0.2) is 0 Å². The number of rotatable bonds is 4. The van der Waals surface area contributed by atoms with E-state index in [0.717, 1.165) is 11.3 Å². The molecule has 1 aliphatic rings. The van der Waals surface area contributed by atoms with Crippen molar-refractivity contribution < 1.29 is 9.59 Å². The zero-order valence-corrected chi connectivity index (χ0v) is 16.8. The molecule has 0 saturated heterocycles. The molecule has 0 aliphatic carbocycles. The molecule has 5 nitrogen and oxygen atoms in total. The highest BCUT2D eigenvalue weighted by atomic mass is 32.2. The molecule has 1 aliphatic heterocycles. The van der Waals surface area contributed by atoms with E-state index in [9.17, 15) is 9.59 Å². The second kappa shape index (κ2) is 9.71. The standard InChI is InChI=1S/C21H16N2OS.C2H5NO/c24-20(16-6-2-1-3-7-16)18-8-4-5-9-19(18)23-14-15-25-21(23)17-10-12-22-13-11-17;1-2(3)4/h1-15,21H;1H3,(H2,3,4). The van der Waals surface area contributed by atoms with Crippen molar-refractivity contribution in [2.24, 2.45) is 5.73 Å². The number of thioether (sulfide) groups is 1. The Hall–Kier alpha value is -3.38. The number of carbonyl (C=O) groups is 2. The summed E-state index contributed by atoms with van der Waals surface area (Å²) in [4.78, 5) is 28.5. The molecule has 0 saturated carbocycles. The monoisotopic (exact) mass is 403 g/mol. The van der Waals surface area contributed by atoms with Gasteiger partial charge in [-0.3, -0.25) is 14.6 Å². The second-order valence-corrected chi connectivity index (χ2v) is 7.28. The largest absolute Gasteiger partial charge is 0.370 e. The quantitative estimate of drug-likeness (QED) is 0.648. The number of benzene rings is 2. The number of hydrogen-bond acceptors (Lipinski definition) is 5. The molecule has 4 rings (SSSR count). The van der Waals surface area contributed by atoms with Gasteiger partial charge in [0.25, 0.3) is 0 Å². The fourth-order valence-corrected chi connectivity index (χ4v) is 3.91. The molecular formula is C23H21N3O2S. The molecule has 2 N–H and O–H groups in total. The Bertz CT molecular complexity index is 1000. The van der Waals surface area contributed by atoms with Gasteiger partial charge in [-0.1, -0.05) is 42.5 Å². The van der Waals surface area contributed by atoms with Crippen LogP contribution in [0.4, 0.5) is 5.69 Å². The average Bonchev–Trinajstić information content (AvgIpc) is 3.24. The summed E-state index contributed by atoms with van der Waals surface area (Å²) in [6.07, 6.45) is 5.63. The number of pyridine rings is 1. The van der Waals surface area contributed by atoms with Gasteiger partial charge in [-0.2, -0.15) is 0 Å². The maximum absolute atomic E-state index is 13.0. The molecule has 1 amide bonds. The van der Waals surface area contributed by atoms with E-state index in [1.165, 1.54) is 6.92 Å². The molecule has 0 fully saturated rings. The molecule has 0 spiro atoms. The van der Waals surface area contributed by atoms with Crippen LogP contribution in [0.5, 0.6) is 0 Å². The SMILES string of the molecule is CC(N)=O.O=C(c1ccccc1)c1ccccc1N1C=CSC1c1ccncc1. The van der Waals surface area contributed by atoms with Gasteiger partial charge >= 0.3 is 0 Å². The number of hydrogen-bond donors (Lipinski definition) is 1. The van der Waals surface area contributed by atoms with E-state index >= 15 is 0 Å². The minimum atomic E-state index is -0.333. The molecule has 3 aromatic rings. The number of nitrogens with zero attached hydrogens (tertiary/aromatic N) is 2. The number of amides is 1. The Kier molecular flexibility index (Phi) is 6.81. The molecule has 1 aromatic heterocycles. The number of para-hydroxylation sites is 1. The van der Waals surface area contributed by atoms with E-state index in [1.807, 2.05) is 72.9 Å². The van der Waals surface area contributed by atoms with Crippen LogP contribution in [0.3, 0.4) is 0 Å². The zero-order valence-electron chi connectivity index (χ0n) is 15.9. The Morgan fingerprint density at radius 1 is 0.966 bits per heavy atom. The molecular weight excluding hydrogens is 382 g/mol. The topological polar surface area (TPSA) is 76.3 Å². The first kappa shape index (κ1) is 20.4. The Morgan fingerprint density at radius 2 is 1.59 bits per heavy atom. The third kappa shape index (κ3) is 5.12. The molecule has 146 valence electrons. The number of anilines is 1. The molecule has 2 aromatic carbocycles. The summed E-state index contributed by atoms with van der Waals surface area (Å²) < 4.78 is 0. The van der Waals surface area contributed by atoms with Gasteiger partial charge in [-0.05, 0) is 35.2 Å². The van der Waals surface area contributed by atoms with Gasteiger partial charge in [0.05, 0.1) is 5.69 Å². The van der Waals surface area contributed by atoms with Crippen molar-refractivity contribution in [3.8, 4) is 0 Å². The number of nitrogens with two attached hydrogens (primary N) is 1. The molecule has 1 unspecified atom stereocenters. The van der Waals surface area contributed by atoms with Gasteiger partial charge in [0.15, 0.2) is 5.78 Å². The van der Waals surface area contributed by atoms with Gasteiger partial charge in [0.1, 0.15) is 5.37 Å². The summed E-state index contributed by atoms with van der Waals surface area (Å²) in [6.45, 7) is 1.31. The number of carbonyl (C=O) groups excluding carboxylic acids is 2. The van der Waals surface area contributed by atoms with Crippen LogP contribution < -0.4 is 10.6 Å². The van der Waals surface area contributed by atoms with E-state index in [2.05, 4.69) is 21.0 Å². The maximum atomic E-state index is 13.0. The van der Waals surface area contributed by atoms with Crippen molar-refractivity contribution in [1.29, 1.82) is 0 Å². The van der Waals surface area contributed by atoms with E-state index in [-0.39, 0.29) is 17.1 Å². The molecule has 29 heavy (non-hydrogen) atoms. The van der Waals surface area contributed by atoms with Crippen LogP contribution in [0.15, 0.2) is 90.7 Å². The summed E-state index contributed by atoms with van der Waals surface area (Å²) in [5.41, 5.74) is 7.96. The maximum Gasteiger partial charge on any atom is 0.214 e. The summed E-state index contributed by atoms with van der Waals surface area (Å²) in [5.74, 6) is -0.296. The first-order chi connectivity index (χ1) is 14.1. The number of primary amides is 1. The summed E-state index contributed by atoms with van der Waals surface area (Å²) in [6, 6.07) is 21.2. The van der Waals surface area contributed by atoms with Crippen molar-refractivity contribution >= 4 is 29.1 Å². The van der Waals surface area contributed by atoms with Crippen LogP contribution in [0.2, 0.25) is 0 Å². The van der Waals surface area contributed by atoms with Crippen LogP contribution in [-0.2, 0) is 4.79 Å². The normalized spacial score (nSPS) is 14.8. The van der Waals surface area contributed by atoms with E-state index in [0.29, 0.717) is 11.1 Å². The van der Waals surface area contributed by atoms with Crippen LogP contribution >= 0.6 is 11.8 Å². The molecule has 6 heteroatoms. The van der Waals surface area contributed by atoms with Crippen molar-refractivity contribution in [3.05, 3.63) is 107 Å². The van der Waals surface area contributed by atoms with E-state index < -0.39 is 0 Å². The predicted molar refractivity (Wildman–Crippen MR) is 117 cm³/mol. The molecule has 2 heterocycles. The molecule has 0 bridgehead atoms. The summed E-state index contributed by atoms with van der Waals surface area (Å²) >= 11 is 1.72. The minimum absolute atomic E-state index is 0.0370. The van der Waals surface area contributed by atoms with Crippen molar-refractivity contribution in [3.63, 3.8) is 0 Å². The van der Waals surface area contributed by atoms with Gasteiger partial charge < -0.3 is 10.6 Å². The van der Waals surface area contributed by atoms with Crippen LogP contribution in [0.1, 0.15) is 33.8 Å². The first-order valence-corrected chi connectivity index (χ1v) is 9.97. The molecule has 1 atom stereocenters. The average molecular weight is 404 g/mol. The highest BCUT2D eigenvalue weighted by Crippen LogP contribution is 2.42. The van der Waals surface area contributed by atoms with Crippen LogP contribution in [0.25, 0.3) is 0 Å². The highest BCUT2D eigenvalue weighted by Gasteiger charge is 2.26. The number of aromatic nitrogens is 1. The van der Waals surface area contributed by atoms with Gasteiger partial charge in [-0.15, -0.1) is 11.8 Å². The third-order valence-corrected chi connectivity index (χ3v) is 5.17. The smallest absolute Gasteiger partial charge is 0.214 e. The number of ketones is 1. The first-order valence-electron chi connectivity index (χ1n) is 9.03. The lowest BCUT2D eigenvalue weighted by atomic mass is 10.0. The summed E-state index contributed by atoms with van der Waals surface area (Å²) in [7, 11) is 0. The van der Waals surface area contributed by atoms with Crippen LogP contribution in [0, 0.1) is 0 Å². The highest BCUT2D eigenvalue weighted by molar-refractivity contribution is 8.02. The van der Waals surface area contributed by atoms with Crippen molar-refractivity contribution in [1.82, 2.24) is 4.98 Å². The van der Waals surface area contributed by atoms with E-state index in [1.54, 1.807) is 24.2 Å². The Balaban J connectivity index is 0.000000552. The lowest BCUT2D eigenvalue weighted by molar-refractivity contribution is -0.115. The van der Waals surface area contributed by atoms with Crippen molar-refractivity contribution in [2.45, 2.75) is 12.3 Å². The Morgan fingerprint density at radius 3 is 2.28 bits per heavy atom. The van der Waals surface area contributed by atoms with Gasteiger partial charge in [0, 0.05) is 36.6 Å². The summed E-state index contributed by atoms with van der Waals surface area (Å²) in [5, 5.41) is 2.17. The van der Waals surface area contributed by atoms with Crippen LogP contribution in [-0.4, -0.2) is 16.7 Å². The fraction of sp³-hybridized carbons (Fsp3) is 0.0870. The predicted octanol–water partition coefficient (Wildman–Crippen LogP) is 4.53. The Labute approximate surface area is 174 Å². The lowest BCUT2D eigenvalue weighted by Crippen LogP contribution is -2.20. The lowest BCUT2D eigenvalue weighted by Gasteiger charge is -2.27. The minimum Gasteiger partial charge on any atom is -0.370 e. The van der Waals surface area contributed by atoms with Gasteiger partial charge in [0.2, 0.25) is 5.91 Å². The fourth-order valence-electron chi connectivity index (χ4n) is 2.93. The zero-order chi connectivity index (χ0) is 20.6. The van der Waals surface area contributed by atoms with Crippen molar-refractivity contribution in [2.75, 3.05) is 4.90 Å².